The summed E-state index contributed by atoms with van der Waals surface area (Å²) in [5.41, 5.74) is -0.643. The second-order valence-corrected chi connectivity index (χ2v) is 6.98. The summed E-state index contributed by atoms with van der Waals surface area (Å²) in [7, 11) is 2.13. The number of rotatable bonds is 3. The van der Waals surface area contributed by atoms with Gasteiger partial charge in [-0.25, -0.2) is 0 Å². The fourth-order valence-corrected chi connectivity index (χ4v) is 3.77. The molecule has 1 N–H and O–H groups in total. The Bertz CT molecular complexity index is 421. The highest BCUT2D eigenvalue weighted by Gasteiger charge is 2.52. The molecule has 2 atom stereocenters. The zero-order valence-corrected chi connectivity index (χ0v) is 12.5. The predicted molar refractivity (Wildman–Crippen MR) is 76.1 cm³/mol. The molecule has 5 nitrogen and oxygen atoms in total. The molecule has 2 unspecified atom stereocenters. The average Bonchev–Trinajstić information content (AvgIpc) is 3.20. The number of nitrogens with zero attached hydrogens (tertiary/aromatic N) is 2. The van der Waals surface area contributed by atoms with Crippen LogP contribution < -0.4 is 5.32 Å². The van der Waals surface area contributed by atoms with Gasteiger partial charge in [0.05, 0.1) is 6.54 Å². The van der Waals surface area contributed by atoms with Crippen LogP contribution in [0.1, 0.15) is 32.6 Å². The van der Waals surface area contributed by atoms with E-state index in [4.69, 9.17) is 0 Å². The number of hydrogen-bond acceptors (Lipinski definition) is 3. The quantitative estimate of drug-likeness (QED) is 0.816. The topological polar surface area (TPSA) is 52.6 Å². The highest BCUT2D eigenvalue weighted by atomic mass is 16.2. The number of likely N-dealkylation sites (tertiary alicyclic amines) is 1. The Morgan fingerprint density at radius 1 is 1.30 bits per heavy atom. The van der Waals surface area contributed by atoms with Gasteiger partial charge in [0, 0.05) is 13.1 Å². The fraction of sp³-hybridized carbons (Fsp3) is 0.867. The lowest BCUT2D eigenvalue weighted by atomic mass is 9.90. The molecule has 2 saturated heterocycles. The van der Waals surface area contributed by atoms with E-state index in [0.29, 0.717) is 11.8 Å². The number of amides is 2. The van der Waals surface area contributed by atoms with Crippen molar-refractivity contribution in [3.63, 3.8) is 0 Å². The van der Waals surface area contributed by atoms with Gasteiger partial charge in [-0.2, -0.15) is 0 Å². The van der Waals surface area contributed by atoms with Crippen LogP contribution in [0.4, 0.5) is 0 Å². The van der Waals surface area contributed by atoms with Gasteiger partial charge >= 0.3 is 0 Å². The summed E-state index contributed by atoms with van der Waals surface area (Å²) in [4.78, 5) is 28.8. The van der Waals surface area contributed by atoms with E-state index < -0.39 is 5.54 Å². The van der Waals surface area contributed by atoms with E-state index in [9.17, 15) is 9.59 Å². The van der Waals surface area contributed by atoms with E-state index in [-0.39, 0.29) is 18.4 Å². The monoisotopic (exact) mass is 279 g/mol. The van der Waals surface area contributed by atoms with E-state index in [1.165, 1.54) is 6.42 Å². The third-order valence-corrected chi connectivity index (χ3v) is 5.06. The smallest absolute Gasteiger partial charge is 0.248 e. The lowest BCUT2D eigenvalue weighted by Crippen LogP contribution is -2.67. The first kappa shape index (κ1) is 13.9. The first-order chi connectivity index (χ1) is 9.49. The summed E-state index contributed by atoms with van der Waals surface area (Å²) in [5.74, 6) is 0.985. The van der Waals surface area contributed by atoms with Gasteiger partial charge in [-0.1, -0.05) is 0 Å². The van der Waals surface area contributed by atoms with Crippen molar-refractivity contribution in [3.05, 3.63) is 0 Å². The van der Waals surface area contributed by atoms with Crippen molar-refractivity contribution >= 4 is 11.8 Å². The van der Waals surface area contributed by atoms with Crippen molar-refractivity contribution in [3.8, 4) is 0 Å². The van der Waals surface area contributed by atoms with Crippen LogP contribution in [-0.4, -0.2) is 60.4 Å². The summed E-state index contributed by atoms with van der Waals surface area (Å²) in [6.45, 7) is 5.06. The maximum atomic E-state index is 12.7. The van der Waals surface area contributed by atoms with Crippen LogP contribution in [0.2, 0.25) is 0 Å². The molecule has 3 aliphatic rings. The molecule has 2 amide bonds. The molecule has 0 aromatic carbocycles. The SMILES string of the molecule is CN1CCCC(CN2CC(=O)NC(C)(C3CC3)C2=O)C1. The summed E-state index contributed by atoms with van der Waals surface area (Å²) in [6.07, 6.45) is 4.47. The molecule has 5 heteroatoms. The highest BCUT2D eigenvalue weighted by molar-refractivity contribution is 5.98. The minimum atomic E-state index is -0.643. The van der Waals surface area contributed by atoms with Gasteiger partial charge in [0.25, 0.3) is 0 Å². The van der Waals surface area contributed by atoms with E-state index in [1.807, 2.05) is 6.92 Å². The zero-order chi connectivity index (χ0) is 14.3. The first-order valence-corrected chi connectivity index (χ1v) is 7.78. The lowest BCUT2D eigenvalue weighted by molar-refractivity contribution is -0.151. The summed E-state index contributed by atoms with van der Waals surface area (Å²) >= 11 is 0. The molecule has 3 fully saturated rings. The summed E-state index contributed by atoms with van der Waals surface area (Å²) in [6, 6.07) is 0. The van der Waals surface area contributed by atoms with Crippen molar-refractivity contribution < 1.29 is 9.59 Å². The number of carbonyl (C=O) groups is 2. The number of nitrogens with one attached hydrogen (secondary N) is 1. The van der Waals surface area contributed by atoms with Crippen molar-refractivity contribution in [2.45, 2.75) is 38.1 Å². The van der Waals surface area contributed by atoms with Crippen LogP contribution in [0.15, 0.2) is 0 Å². The maximum absolute atomic E-state index is 12.7. The summed E-state index contributed by atoms with van der Waals surface area (Å²) < 4.78 is 0. The lowest BCUT2D eigenvalue weighted by Gasteiger charge is -2.42. The molecule has 112 valence electrons. The van der Waals surface area contributed by atoms with Gasteiger partial charge in [0.2, 0.25) is 11.8 Å². The van der Waals surface area contributed by atoms with Gasteiger partial charge in [-0.15, -0.1) is 0 Å². The van der Waals surface area contributed by atoms with E-state index in [1.54, 1.807) is 4.90 Å². The molecule has 0 spiro atoms. The van der Waals surface area contributed by atoms with Gasteiger partial charge in [0.1, 0.15) is 5.54 Å². The number of piperazine rings is 1. The third kappa shape index (κ3) is 2.55. The Labute approximate surface area is 120 Å². The van der Waals surface area contributed by atoms with Crippen molar-refractivity contribution in [2.24, 2.45) is 11.8 Å². The van der Waals surface area contributed by atoms with Crippen LogP contribution in [0, 0.1) is 11.8 Å². The van der Waals surface area contributed by atoms with Crippen LogP contribution in [0.25, 0.3) is 0 Å². The third-order valence-electron chi connectivity index (χ3n) is 5.06. The molecule has 0 aromatic heterocycles. The maximum Gasteiger partial charge on any atom is 0.248 e. The number of carbonyl (C=O) groups excluding carboxylic acids is 2. The van der Waals surface area contributed by atoms with E-state index >= 15 is 0 Å². The summed E-state index contributed by atoms with van der Waals surface area (Å²) in [5, 5.41) is 2.94. The molecule has 2 aliphatic heterocycles. The Morgan fingerprint density at radius 3 is 2.70 bits per heavy atom. The van der Waals surface area contributed by atoms with E-state index in [0.717, 1.165) is 38.9 Å². The largest absolute Gasteiger partial charge is 0.340 e. The predicted octanol–water partition coefficient (Wildman–Crippen LogP) is 0.455. The van der Waals surface area contributed by atoms with Crippen molar-refractivity contribution in [1.29, 1.82) is 0 Å². The molecule has 20 heavy (non-hydrogen) atoms. The van der Waals surface area contributed by atoms with Gasteiger partial charge < -0.3 is 15.1 Å². The van der Waals surface area contributed by atoms with Gasteiger partial charge in [-0.05, 0) is 58.0 Å². The normalized spacial score (nSPS) is 36.1. The molecule has 0 aromatic rings. The van der Waals surface area contributed by atoms with Crippen molar-refractivity contribution in [2.75, 3.05) is 33.2 Å². The van der Waals surface area contributed by atoms with Gasteiger partial charge in [0.15, 0.2) is 0 Å². The molecular weight excluding hydrogens is 254 g/mol. The van der Waals surface area contributed by atoms with Crippen LogP contribution in [0.5, 0.6) is 0 Å². The first-order valence-electron chi connectivity index (χ1n) is 7.78. The Balaban J connectivity index is 1.68. The average molecular weight is 279 g/mol. The number of piperidine rings is 1. The molecule has 0 bridgehead atoms. The van der Waals surface area contributed by atoms with Gasteiger partial charge in [-0.3, -0.25) is 9.59 Å². The highest BCUT2D eigenvalue weighted by Crippen LogP contribution is 2.41. The standard InChI is InChI=1S/C15H25N3O2/c1-15(12-5-6-12)14(20)18(10-13(19)16-15)9-11-4-3-7-17(2)8-11/h11-12H,3-10H2,1-2H3,(H,16,19). The minimum absolute atomic E-state index is 0.00293. The number of hydrogen-bond donors (Lipinski definition) is 1. The molecule has 2 heterocycles. The zero-order valence-electron chi connectivity index (χ0n) is 12.5. The molecule has 1 aliphatic carbocycles. The molecule has 0 radical (unpaired) electrons. The Morgan fingerprint density at radius 2 is 2.05 bits per heavy atom. The van der Waals surface area contributed by atoms with Crippen molar-refractivity contribution in [1.82, 2.24) is 15.1 Å². The fourth-order valence-electron chi connectivity index (χ4n) is 3.77. The minimum Gasteiger partial charge on any atom is -0.340 e. The Kier molecular flexibility index (Phi) is 3.48. The van der Waals surface area contributed by atoms with E-state index in [2.05, 4.69) is 17.3 Å². The second kappa shape index (κ2) is 5.02. The van der Waals surface area contributed by atoms with Crippen LogP contribution in [0.3, 0.4) is 0 Å². The molecule has 3 rings (SSSR count). The Hall–Kier alpha value is -1.10. The molecule has 1 saturated carbocycles. The van der Waals surface area contributed by atoms with Crippen LogP contribution >= 0.6 is 0 Å². The van der Waals surface area contributed by atoms with Crippen LogP contribution in [-0.2, 0) is 9.59 Å². The molecular formula is C15H25N3O2. The second-order valence-electron chi connectivity index (χ2n) is 6.98.